The molecule has 3 heteroatoms. The van der Waals surface area contributed by atoms with E-state index >= 15 is 0 Å². The number of carbonyl (C=O) groups is 1. The van der Waals surface area contributed by atoms with E-state index in [0.29, 0.717) is 12.3 Å². The lowest BCUT2D eigenvalue weighted by molar-refractivity contribution is -0.131. The minimum Gasteiger partial charge on any atom is -0.343 e. The fourth-order valence-corrected chi connectivity index (χ4v) is 2.20. The molecule has 1 aliphatic rings. The Morgan fingerprint density at radius 3 is 2.12 bits per heavy atom. The first-order chi connectivity index (χ1) is 7.99. The summed E-state index contributed by atoms with van der Waals surface area (Å²) < 4.78 is 0. The third kappa shape index (κ3) is 6.67. The van der Waals surface area contributed by atoms with Gasteiger partial charge in [-0.05, 0) is 33.6 Å². The van der Waals surface area contributed by atoms with Crippen LogP contribution in [0.15, 0.2) is 0 Å². The van der Waals surface area contributed by atoms with Gasteiger partial charge in [0.15, 0.2) is 0 Å². The van der Waals surface area contributed by atoms with E-state index in [9.17, 15) is 4.79 Å². The van der Waals surface area contributed by atoms with Crippen LogP contribution in [0.25, 0.3) is 0 Å². The van der Waals surface area contributed by atoms with E-state index in [1.165, 1.54) is 32.1 Å². The van der Waals surface area contributed by atoms with Crippen molar-refractivity contribution in [2.75, 3.05) is 19.6 Å². The summed E-state index contributed by atoms with van der Waals surface area (Å²) in [6.07, 6.45) is 6.90. The Bertz CT molecular complexity index is 225. The van der Waals surface area contributed by atoms with E-state index in [4.69, 9.17) is 0 Å². The lowest BCUT2D eigenvalue weighted by Crippen LogP contribution is -2.40. The fourth-order valence-electron chi connectivity index (χ4n) is 2.20. The number of hydrogen-bond acceptors (Lipinski definition) is 2. The van der Waals surface area contributed by atoms with Gasteiger partial charge >= 0.3 is 0 Å². The van der Waals surface area contributed by atoms with Crippen LogP contribution >= 0.6 is 0 Å². The Balaban J connectivity index is 2.25. The summed E-state index contributed by atoms with van der Waals surface area (Å²) in [7, 11) is 0. The van der Waals surface area contributed by atoms with Gasteiger partial charge in [-0.2, -0.15) is 0 Å². The van der Waals surface area contributed by atoms with Gasteiger partial charge in [0.2, 0.25) is 5.91 Å². The normalized spacial score (nSPS) is 18.6. The van der Waals surface area contributed by atoms with Crippen molar-refractivity contribution in [1.29, 1.82) is 0 Å². The molecule has 1 heterocycles. The minimum absolute atomic E-state index is 0.108. The Labute approximate surface area is 106 Å². The maximum atomic E-state index is 12.0. The van der Waals surface area contributed by atoms with Crippen molar-refractivity contribution in [3.63, 3.8) is 0 Å². The summed E-state index contributed by atoms with van der Waals surface area (Å²) in [5.41, 5.74) is 0.108. The summed E-state index contributed by atoms with van der Waals surface area (Å²) in [6.45, 7) is 9.12. The zero-order chi connectivity index (χ0) is 12.7. The average molecular weight is 240 g/mol. The maximum Gasteiger partial charge on any atom is 0.223 e. The molecular formula is C14H28N2O. The summed E-state index contributed by atoms with van der Waals surface area (Å²) >= 11 is 0. The van der Waals surface area contributed by atoms with Gasteiger partial charge in [0.25, 0.3) is 0 Å². The molecule has 0 aromatic rings. The molecule has 100 valence electrons. The standard InChI is InChI=1S/C14H28N2O/c1-14(2,3)15-10-9-13(17)16-11-7-5-4-6-8-12-16/h15H,4-12H2,1-3H3. The molecule has 1 fully saturated rings. The summed E-state index contributed by atoms with van der Waals surface area (Å²) in [5.74, 6) is 0.323. The summed E-state index contributed by atoms with van der Waals surface area (Å²) in [5, 5.41) is 3.37. The molecule has 3 nitrogen and oxygen atoms in total. The van der Waals surface area contributed by atoms with Crippen LogP contribution in [0.5, 0.6) is 0 Å². The van der Waals surface area contributed by atoms with E-state index in [0.717, 1.165) is 19.6 Å². The molecule has 0 aromatic heterocycles. The van der Waals surface area contributed by atoms with E-state index < -0.39 is 0 Å². The maximum absolute atomic E-state index is 12.0. The molecule has 0 unspecified atom stereocenters. The molecule has 0 bridgehead atoms. The first kappa shape index (κ1) is 14.5. The van der Waals surface area contributed by atoms with Crippen molar-refractivity contribution in [1.82, 2.24) is 10.2 Å². The van der Waals surface area contributed by atoms with Gasteiger partial charge in [0, 0.05) is 31.6 Å². The smallest absolute Gasteiger partial charge is 0.223 e. The van der Waals surface area contributed by atoms with Crippen LogP contribution in [0.4, 0.5) is 0 Å². The first-order valence-corrected chi connectivity index (χ1v) is 7.02. The monoisotopic (exact) mass is 240 g/mol. The van der Waals surface area contributed by atoms with E-state index in [2.05, 4.69) is 31.0 Å². The third-order valence-corrected chi connectivity index (χ3v) is 3.20. The molecule has 0 aromatic carbocycles. The second-order valence-corrected chi connectivity index (χ2v) is 6.08. The van der Waals surface area contributed by atoms with Crippen LogP contribution in [0.3, 0.4) is 0 Å². The van der Waals surface area contributed by atoms with Crippen molar-refractivity contribution >= 4 is 5.91 Å². The number of likely N-dealkylation sites (tertiary alicyclic amines) is 1. The zero-order valence-corrected chi connectivity index (χ0v) is 11.7. The largest absolute Gasteiger partial charge is 0.343 e. The highest BCUT2D eigenvalue weighted by atomic mass is 16.2. The van der Waals surface area contributed by atoms with E-state index in [1.54, 1.807) is 0 Å². The Morgan fingerprint density at radius 2 is 1.59 bits per heavy atom. The SMILES string of the molecule is CC(C)(C)NCCC(=O)N1CCCCCCC1. The second-order valence-electron chi connectivity index (χ2n) is 6.08. The molecular weight excluding hydrogens is 212 g/mol. The van der Waals surface area contributed by atoms with E-state index in [-0.39, 0.29) is 5.54 Å². The molecule has 1 N–H and O–H groups in total. The van der Waals surface area contributed by atoms with Crippen molar-refractivity contribution in [3.8, 4) is 0 Å². The van der Waals surface area contributed by atoms with Gasteiger partial charge in [-0.1, -0.05) is 19.3 Å². The van der Waals surface area contributed by atoms with Crippen LogP contribution in [0.1, 0.15) is 59.3 Å². The number of nitrogens with zero attached hydrogens (tertiary/aromatic N) is 1. The van der Waals surface area contributed by atoms with Crippen LogP contribution in [-0.2, 0) is 4.79 Å². The van der Waals surface area contributed by atoms with Gasteiger partial charge in [-0.15, -0.1) is 0 Å². The highest BCUT2D eigenvalue weighted by molar-refractivity contribution is 5.76. The fraction of sp³-hybridized carbons (Fsp3) is 0.929. The lowest BCUT2D eigenvalue weighted by Gasteiger charge is -2.26. The molecule has 0 radical (unpaired) electrons. The van der Waals surface area contributed by atoms with Gasteiger partial charge < -0.3 is 10.2 Å². The number of nitrogens with one attached hydrogen (secondary N) is 1. The Hall–Kier alpha value is -0.570. The number of carbonyl (C=O) groups excluding carboxylic acids is 1. The van der Waals surface area contributed by atoms with Crippen LogP contribution in [0, 0.1) is 0 Å². The molecule has 1 aliphatic heterocycles. The predicted octanol–water partition coefficient (Wildman–Crippen LogP) is 2.56. The second kappa shape index (κ2) is 7.00. The molecule has 17 heavy (non-hydrogen) atoms. The molecule has 1 rings (SSSR count). The third-order valence-electron chi connectivity index (χ3n) is 3.20. The van der Waals surface area contributed by atoms with Crippen molar-refractivity contribution in [2.24, 2.45) is 0 Å². The van der Waals surface area contributed by atoms with Crippen LogP contribution < -0.4 is 5.32 Å². The predicted molar refractivity (Wildman–Crippen MR) is 72.0 cm³/mol. The van der Waals surface area contributed by atoms with Crippen molar-refractivity contribution in [2.45, 2.75) is 64.8 Å². The van der Waals surface area contributed by atoms with Gasteiger partial charge in [0.1, 0.15) is 0 Å². The highest BCUT2D eigenvalue weighted by Gasteiger charge is 2.15. The summed E-state index contributed by atoms with van der Waals surface area (Å²) in [4.78, 5) is 14.1. The molecule has 1 saturated heterocycles. The van der Waals surface area contributed by atoms with Gasteiger partial charge in [-0.3, -0.25) is 4.79 Å². The number of amides is 1. The molecule has 0 spiro atoms. The Kier molecular flexibility index (Phi) is 5.96. The van der Waals surface area contributed by atoms with Crippen LogP contribution in [0.2, 0.25) is 0 Å². The zero-order valence-electron chi connectivity index (χ0n) is 11.7. The highest BCUT2D eigenvalue weighted by Crippen LogP contribution is 2.11. The molecule has 0 saturated carbocycles. The molecule has 0 aliphatic carbocycles. The first-order valence-electron chi connectivity index (χ1n) is 7.02. The summed E-state index contributed by atoms with van der Waals surface area (Å²) in [6, 6.07) is 0. The van der Waals surface area contributed by atoms with E-state index in [1.807, 2.05) is 0 Å². The molecule has 1 amide bonds. The molecule has 0 atom stereocenters. The lowest BCUT2D eigenvalue weighted by atomic mass is 10.1. The van der Waals surface area contributed by atoms with Crippen molar-refractivity contribution < 1.29 is 4.79 Å². The van der Waals surface area contributed by atoms with Crippen LogP contribution in [-0.4, -0.2) is 36.0 Å². The Morgan fingerprint density at radius 1 is 1.06 bits per heavy atom. The minimum atomic E-state index is 0.108. The van der Waals surface area contributed by atoms with Gasteiger partial charge in [0.05, 0.1) is 0 Å². The number of hydrogen-bond donors (Lipinski definition) is 1. The van der Waals surface area contributed by atoms with Gasteiger partial charge in [-0.25, -0.2) is 0 Å². The quantitative estimate of drug-likeness (QED) is 0.822. The average Bonchev–Trinajstić information content (AvgIpc) is 2.14. The van der Waals surface area contributed by atoms with Crippen molar-refractivity contribution in [3.05, 3.63) is 0 Å². The number of rotatable bonds is 3. The topological polar surface area (TPSA) is 32.3 Å².